The third kappa shape index (κ3) is 3.91. The van der Waals surface area contributed by atoms with Crippen molar-refractivity contribution in [2.24, 2.45) is 0 Å². The second kappa shape index (κ2) is 7.88. The van der Waals surface area contributed by atoms with Gasteiger partial charge in [-0.3, -0.25) is 5.10 Å². The molecule has 0 aliphatic carbocycles. The highest BCUT2D eigenvalue weighted by atomic mass is 19.3. The predicted octanol–water partition coefficient (Wildman–Crippen LogP) is 3.30. The number of fused-ring (bicyclic) bond motifs is 1. The van der Waals surface area contributed by atoms with Crippen molar-refractivity contribution in [3.8, 4) is 17.1 Å². The number of hydrogen-bond donors (Lipinski definition) is 2. The molecule has 0 bridgehead atoms. The summed E-state index contributed by atoms with van der Waals surface area (Å²) in [6.45, 7) is 2.37. The maximum absolute atomic E-state index is 12.5. The number of aliphatic hydroxyl groups is 1. The fraction of sp³-hybridized carbons (Fsp3) is 0.300. The number of benzene rings is 1. The fourth-order valence-electron chi connectivity index (χ4n) is 3.16. The van der Waals surface area contributed by atoms with Crippen LogP contribution in [0, 0.1) is 0 Å². The number of aliphatic hydroxyl groups excluding tert-OH is 1. The molecule has 30 heavy (non-hydrogen) atoms. The molecular weight excluding hydrogens is 394 g/mol. The summed E-state index contributed by atoms with van der Waals surface area (Å²) in [7, 11) is 0. The Morgan fingerprint density at radius 2 is 2.03 bits per heavy atom. The van der Waals surface area contributed by atoms with Crippen molar-refractivity contribution in [2.45, 2.75) is 32.0 Å². The van der Waals surface area contributed by atoms with Crippen LogP contribution in [0.2, 0.25) is 0 Å². The molecule has 8 nitrogen and oxygen atoms in total. The van der Waals surface area contributed by atoms with E-state index in [9.17, 15) is 13.9 Å². The summed E-state index contributed by atoms with van der Waals surface area (Å²) < 4.78 is 31.8. The molecule has 0 saturated carbocycles. The van der Waals surface area contributed by atoms with Gasteiger partial charge in [0.05, 0.1) is 17.5 Å². The molecule has 0 aliphatic heterocycles. The topological polar surface area (TPSA) is 102 Å². The summed E-state index contributed by atoms with van der Waals surface area (Å²) in [6, 6.07) is 9.29. The van der Waals surface area contributed by atoms with E-state index in [1.165, 1.54) is 12.5 Å². The molecule has 1 aromatic carbocycles. The van der Waals surface area contributed by atoms with Crippen molar-refractivity contribution >= 4 is 11.0 Å². The van der Waals surface area contributed by atoms with E-state index in [0.717, 1.165) is 11.3 Å². The summed E-state index contributed by atoms with van der Waals surface area (Å²) >= 11 is 0. The molecule has 0 amide bonds. The van der Waals surface area contributed by atoms with Gasteiger partial charge in [-0.2, -0.15) is 10.2 Å². The highest BCUT2D eigenvalue weighted by Crippen LogP contribution is 2.31. The Bertz CT molecular complexity index is 1140. The molecule has 0 fully saturated rings. The van der Waals surface area contributed by atoms with E-state index in [4.69, 9.17) is 4.74 Å². The number of alkyl halides is 2. The predicted molar refractivity (Wildman–Crippen MR) is 105 cm³/mol. The minimum absolute atomic E-state index is 0.455. The molecule has 1 atom stereocenters. The van der Waals surface area contributed by atoms with Gasteiger partial charge in [-0.05, 0) is 32.0 Å². The lowest BCUT2D eigenvalue weighted by Crippen LogP contribution is -2.34. The van der Waals surface area contributed by atoms with Gasteiger partial charge in [0.2, 0.25) is 0 Å². The zero-order valence-corrected chi connectivity index (χ0v) is 16.3. The smallest absolute Gasteiger partial charge is 0.261 e. The molecule has 0 aliphatic rings. The quantitative estimate of drug-likeness (QED) is 0.481. The minimum atomic E-state index is -2.61. The van der Waals surface area contributed by atoms with Crippen molar-refractivity contribution in [3.63, 3.8) is 0 Å². The van der Waals surface area contributed by atoms with Gasteiger partial charge in [-0.1, -0.05) is 12.1 Å². The summed E-state index contributed by atoms with van der Waals surface area (Å²) in [5.41, 5.74) is 1.47. The molecule has 0 spiro atoms. The van der Waals surface area contributed by atoms with E-state index in [2.05, 4.69) is 25.3 Å². The number of aromatic nitrogens is 6. The van der Waals surface area contributed by atoms with Crippen LogP contribution in [-0.4, -0.2) is 53.7 Å². The number of nitrogens with zero attached hydrogens (tertiary/aromatic N) is 5. The van der Waals surface area contributed by atoms with Gasteiger partial charge in [-0.15, -0.1) is 0 Å². The van der Waals surface area contributed by atoms with Gasteiger partial charge < -0.3 is 9.84 Å². The Balaban J connectivity index is 1.64. The van der Waals surface area contributed by atoms with Crippen molar-refractivity contribution in [1.82, 2.24) is 29.9 Å². The van der Waals surface area contributed by atoms with Gasteiger partial charge in [-0.25, -0.2) is 23.4 Å². The molecule has 156 valence electrons. The van der Waals surface area contributed by atoms with Crippen molar-refractivity contribution < 1.29 is 18.6 Å². The van der Waals surface area contributed by atoms with Crippen molar-refractivity contribution in [3.05, 3.63) is 54.6 Å². The van der Waals surface area contributed by atoms with Crippen molar-refractivity contribution in [1.29, 1.82) is 0 Å². The zero-order chi connectivity index (χ0) is 21.3. The van der Waals surface area contributed by atoms with E-state index in [1.54, 1.807) is 30.8 Å². The largest absolute Gasteiger partial charge is 0.385 e. The number of pyridine rings is 1. The minimum Gasteiger partial charge on any atom is -0.385 e. The van der Waals surface area contributed by atoms with Crippen LogP contribution in [0.4, 0.5) is 8.78 Å². The second-order valence-corrected chi connectivity index (χ2v) is 7.33. The van der Waals surface area contributed by atoms with Crippen LogP contribution < -0.4 is 0 Å². The zero-order valence-electron chi connectivity index (χ0n) is 16.3. The maximum atomic E-state index is 12.5. The Labute approximate surface area is 170 Å². The first-order valence-electron chi connectivity index (χ1n) is 9.25. The highest BCUT2D eigenvalue weighted by molar-refractivity contribution is 5.77. The molecule has 10 heteroatoms. The molecule has 2 N–H and O–H groups in total. The molecular formula is C20H20F2N6O2. The first kappa shape index (κ1) is 20.0. The number of hydrogen-bond acceptors (Lipinski definition) is 6. The first-order chi connectivity index (χ1) is 14.3. The molecule has 0 saturated heterocycles. The average Bonchev–Trinajstić information content (AvgIpc) is 3.41. The van der Waals surface area contributed by atoms with E-state index in [1.807, 2.05) is 24.3 Å². The van der Waals surface area contributed by atoms with Gasteiger partial charge in [0.15, 0.2) is 11.5 Å². The lowest BCUT2D eigenvalue weighted by atomic mass is 9.95. The van der Waals surface area contributed by atoms with Crippen LogP contribution in [0.15, 0.2) is 49.1 Å². The lowest BCUT2D eigenvalue weighted by Gasteiger charge is -2.30. The fourth-order valence-corrected chi connectivity index (χ4v) is 3.16. The van der Waals surface area contributed by atoms with E-state index >= 15 is 0 Å². The van der Waals surface area contributed by atoms with Crippen LogP contribution in [-0.2, 0) is 4.74 Å². The van der Waals surface area contributed by atoms with Crippen LogP contribution in [0.3, 0.4) is 0 Å². The summed E-state index contributed by atoms with van der Waals surface area (Å²) in [5, 5.41) is 22.4. The number of H-pyrrole nitrogens is 1. The Hall–Kier alpha value is -3.24. The average molecular weight is 414 g/mol. The number of halogens is 2. The van der Waals surface area contributed by atoms with Gasteiger partial charge in [0.1, 0.15) is 19.0 Å². The normalized spacial score (nSPS) is 13.3. The van der Waals surface area contributed by atoms with E-state index in [-0.39, 0.29) is 0 Å². The maximum Gasteiger partial charge on any atom is 0.261 e. The highest BCUT2D eigenvalue weighted by Gasteiger charge is 2.31. The first-order valence-corrected chi connectivity index (χ1v) is 9.25. The molecule has 4 rings (SSSR count). The van der Waals surface area contributed by atoms with Crippen LogP contribution >= 0.6 is 0 Å². The number of rotatable bonds is 7. The summed E-state index contributed by atoms with van der Waals surface area (Å²) in [4.78, 5) is 8.59. The van der Waals surface area contributed by atoms with Crippen LogP contribution in [0.25, 0.3) is 28.1 Å². The molecule has 0 unspecified atom stereocenters. The van der Waals surface area contributed by atoms with Crippen molar-refractivity contribution in [2.75, 3.05) is 6.61 Å². The van der Waals surface area contributed by atoms with Crippen LogP contribution in [0.1, 0.15) is 25.5 Å². The van der Waals surface area contributed by atoms with Crippen LogP contribution in [0.5, 0.6) is 0 Å². The Kier molecular flexibility index (Phi) is 5.27. The third-order valence-electron chi connectivity index (χ3n) is 4.76. The third-order valence-corrected chi connectivity index (χ3v) is 4.76. The number of nitrogens with one attached hydrogen (secondary N) is 1. The monoisotopic (exact) mass is 414 g/mol. The molecule has 3 heterocycles. The van der Waals surface area contributed by atoms with Gasteiger partial charge >= 0.3 is 0 Å². The molecule has 0 radical (unpaired) electrons. The second-order valence-electron chi connectivity index (χ2n) is 7.33. The lowest BCUT2D eigenvalue weighted by molar-refractivity contribution is -0.129. The van der Waals surface area contributed by atoms with E-state index < -0.39 is 24.7 Å². The summed E-state index contributed by atoms with van der Waals surface area (Å²) in [5.74, 6) is 0.637. The van der Waals surface area contributed by atoms with Gasteiger partial charge in [0, 0.05) is 22.7 Å². The SMILES string of the molecule is CC(C)(OCC(F)F)[C@H](O)c1cnc2c(cnn2-c2cccc(-c3ncn[nH]3)c2)c1. The molecule has 3 aromatic heterocycles. The van der Waals surface area contributed by atoms with E-state index in [0.29, 0.717) is 22.4 Å². The number of ether oxygens (including phenoxy) is 1. The Morgan fingerprint density at radius 3 is 2.77 bits per heavy atom. The number of aromatic amines is 1. The summed E-state index contributed by atoms with van der Waals surface area (Å²) in [6.07, 6.45) is 0.826. The standard InChI is InChI=1S/C20H20F2N6O2/c1-20(2,30-10-16(21)22)17(29)13-6-14-9-26-28(19(14)23-8-13)15-5-3-4-12(7-15)18-24-11-25-27-18/h3-9,11,16-17,29H,10H2,1-2H3,(H,24,25,27)/t17-/m1/s1. The Morgan fingerprint density at radius 1 is 1.20 bits per heavy atom. The van der Waals surface area contributed by atoms with Gasteiger partial charge in [0.25, 0.3) is 6.43 Å². The molecule has 4 aromatic rings.